The molecule has 0 aliphatic rings. The van der Waals surface area contributed by atoms with E-state index in [1.807, 2.05) is 26.2 Å². The molecule has 1 N–H and O–H groups in total. The molecule has 0 saturated carbocycles. The summed E-state index contributed by atoms with van der Waals surface area (Å²) in [4.78, 5) is 4.26. The van der Waals surface area contributed by atoms with Crippen LogP contribution in [0.25, 0.3) is 0 Å². The predicted octanol–water partition coefficient (Wildman–Crippen LogP) is 1.91. The Labute approximate surface area is 103 Å². The highest BCUT2D eigenvalue weighted by Crippen LogP contribution is 2.18. The maximum atomic E-state index is 5.71. The van der Waals surface area contributed by atoms with Crippen molar-refractivity contribution in [2.24, 2.45) is 0 Å². The smallest absolute Gasteiger partial charge is 0.127 e. The summed E-state index contributed by atoms with van der Waals surface area (Å²) in [5.74, 6) is 0.895. The molecule has 0 bridgehead atoms. The monoisotopic (exact) mass is 238 g/mol. The lowest BCUT2D eigenvalue weighted by Crippen LogP contribution is -2.11. The number of ether oxygens (including phenoxy) is 2. The molecule has 1 aromatic rings. The number of aromatic nitrogens is 1. The van der Waals surface area contributed by atoms with Crippen LogP contribution in [0.4, 0.5) is 0 Å². The first-order valence-corrected chi connectivity index (χ1v) is 6.08. The summed E-state index contributed by atoms with van der Waals surface area (Å²) in [5.41, 5.74) is 2.04. The highest BCUT2D eigenvalue weighted by Gasteiger charge is 2.04. The van der Waals surface area contributed by atoms with Gasteiger partial charge in [0.25, 0.3) is 0 Å². The Hall–Kier alpha value is -1.13. The zero-order valence-corrected chi connectivity index (χ0v) is 11.0. The quantitative estimate of drug-likeness (QED) is 0.703. The van der Waals surface area contributed by atoms with Gasteiger partial charge in [-0.3, -0.25) is 4.98 Å². The Bertz CT molecular complexity index is 329. The summed E-state index contributed by atoms with van der Waals surface area (Å²) < 4.78 is 11.1. The van der Waals surface area contributed by atoms with Crippen LogP contribution in [0.5, 0.6) is 5.75 Å². The second-order valence-corrected chi connectivity index (χ2v) is 3.92. The minimum absolute atomic E-state index is 0.583. The molecule has 0 aromatic carbocycles. The van der Waals surface area contributed by atoms with Crippen molar-refractivity contribution in [3.63, 3.8) is 0 Å². The summed E-state index contributed by atoms with van der Waals surface area (Å²) in [7, 11) is 1.91. The molecule has 1 aromatic heterocycles. The molecule has 0 saturated heterocycles. The predicted molar refractivity (Wildman–Crippen MR) is 68.3 cm³/mol. The van der Waals surface area contributed by atoms with Crippen LogP contribution in [0.1, 0.15) is 24.6 Å². The molecule has 0 atom stereocenters. The molecule has 0 aliphatic heterocycles. The zero-order chi connectivity index (χ0) is 12.5. The van der Waals surface area contributed by atoms with Crippen molar-refractivity contribution in [3.8, 4) is 5.75 Å². The van der Waals surface area contributed by atoms with Gasteiger partial charge in [-0.25, -0.2) is 0 Å². The van der Waals surface area contributed by atoms with Gasteiger partial charge in [-0.15, -0.1) is 0 Å². The highest BCUT2D eigenvalue weighted by atomic mass is 16.5. The van der Waals surface area contributed by atoms with Gasteiger partial charge >= 0.3 is 0 Å². The van der Waals surface area contributed by atoms with Crippen LogP contribution in [-0.2, 0) is 11.3 Å². The second-order valence-electron chi connectivity index (χ2n) is 3.92. The van der Waals surface area contributed by atoms with Crippen LogP contribution in [0.2, 0.25) is 0 Å². The van der Waals surface area contributed by atoms with Crippen LogP contribution >= 0.6 is 0 Å². The first kappa shape index (κ1) is 13.9. The fourth-order valence-corrected chi connectivity index (χ4v) is 1.48. The van der Waals surface area contributed by atoms with E-state index in [1.54, 1.807) is 0 Å². The molecular weight excluding hydrogens is 216 g/mol. The lowest BCUT2D eigenvalue weighted by atomic mass is 10.2. The van der Waals surface area contributed by atoms with Crippen LogP contribution in [-0.4, -0.2) is 31.9 Å². The van der Waals surface area contributed by atoms with Crippen molar-refractivity contribution in [1.82, 2.24) is 10.3 Å². The van der Waals surface area contributed by atoms with E-state index in [2.05, 4.69) is 17.2 Å². The molecule has 0 fully saturated rings. The van der Waals surface area contributed by atoms with Crippen molar-refractivity contribution in [2.75, 3.05) is 26.9 Å². The van der Waals surface area contributed by atoms with E-state index in [0.717, 1.165) is 36.6 Å². The van der Waals surface area contributed by atoms with Crippen molar-refractivity contribution in [2.45, 2.75) is 26.8 Å². The van der Waals surface area contributed by atoms with Crippen molar-refractivity contribution in [1.29, 1.82) is 0 Å². The maximum absolute atomic E-state index is 5.71. The van der Waals surface area contributed by atoms with Gasteiger partial charge in [-0.2, -0.15) is 0 Å². The molecule has 1 heterocycles. The minimum Gasteiger partial charge on any atom is -0.491 e. The van der Waals surface area contributed by atoms with Crippen LogP contribution < -0.4 is 10.1 Å². The molecule has 0 spiro atoms. The van der Waals surface area contributed by atoms with E-state index in [9.17, 15) is 0 Å². The van der Waals surface area contributed by atoms with Crippen LogP contribution in [0.3, 0.4) is 0 Å². The number of rotatable bonds is 8. The number of hydrogen-bond acceptors (Lipinski definition) is 4. The number of pyridine rings is 1. The largest absolute Gasteiger partial charge is 0.491 e. The summed E-state index contributed by atoms with van der Waals surface area (Å²) in [6.45, 7) is 6.83. The summed E-state index contributed by atoms with van der Waals surface area (Å²) >= 11 is 0. The average Bonchev–Trinajstić information content (AvgIpc) is 2.32. The van der Waals surface area contributed by atoms with Gasteiger partial charge in [0.15, 0.2) is 0 Å². The first-order chi connectivity index (χ1) is 8.27. The van der Waals surface area contributed by atoms with Crippen molar-refractivity contribution in [3.05, 3.63) is 23.5 Å². The highest BCUT2D eigenvalue weighted by molar-refractivity contribution is 5.32. The zero-order valence-electron chi connectivity index (χ0n) is 11.0. The lowest BCUT2D eigenvalue weighted by molar-refractivity contribution is 0.100. The number of nitrogens with one attached hydrogen (secondary N) is 1. The van der Waals surface area contributed by atoms with E-state index in [1.165, 1.54) is 0 Å². The summed E-state index contributed by atoms with van der Waals surface area (Å²) in [5, 5.41) is 3.10. The Morgan fingerprint density at radius 2 is 2.12 bits per heavy atom. The molecule has 1 rings (SSSR count). The molecule has 96 valence electrons. The van der Waals surface area contributed by atoms with Crippen LogP contribution in [0.15, 0.2) is 12.3 Å². The third kappa shape index (κ3) is 5.15. The van der Waals surface area contributed by atoms with Gasteiger partial charge in [-0.05, 0) is 20.4 Å². The van der Waals surface area contributed by atoms with Gasteiger partial charge in [0.1, 0.15) is 12.4 Å². The number of hydrogen-bond donors (Lipinski definition) is 1. The van der Waals surface area contributed by atoms with Gasteiger partial charge in [0, 0.05) is 36.7 Å². The van der Waals surface area contributed by atoms with Gasteiger partial charge in [-0.1, -0.05) is 6.92 Å². The van der Waals surface area contributed by atoms with E-state index >= 15 is 0 Å². The van der Waals surface area contributed by atoms with E-state index in [4.69, 9.17) is 9.47 Å². The van der Waals surface area contributed by atoms with Gasteiger partial charge in [0.05, 0.1) is 6.61 Å². The molecule has 17 heavy (non-hydrogen) atoms. The van der Waals surface area contributed by atoms with Crippen molar-refractivity contribution >= 4 is 0 Å². The Balaban J connectivity index is 2.47. The fraction of sp³-hybridized carbons (Fsp3) is 0.615. The van der Waals surface area contributed by atoms with E-state index < -0.39 is 0 Å². The molecule has 4 nitrogen and oxygen atoms in total. The van der Waals surface area contributed by atoms with E-state index in [0.29, 0.717) is 13.2 Å². The minimum atomic E-state index is 0.583. The maximum Gasteiger partial charge on any atom is 0.127 e. The van der Waals surface area contributed by atoms with Crippen molar-refractivity contribution < 1.29 is 9.47 Å². The Kier molecular flexibility index (Phi) is 6.58. The molecule has 0 amide bonds. The third-order valence-corrected chi connectivity index (χ3v) is 2.28. The third-order valence-electron chi connectivity index (χ3n) is 2.28. The standard InChI is InChI=1S/C13H22N2O2/c1-4-5-16-6-7-17-13-8-11(2)15-10-12(13)9-14-3/h8,10,14H,4-7,9H2,1-3H3. The average molecular weight is 238 g/mol. The Morgan fingerprint density at radius 1 is 1.29 bits per heavy atom. The topological polar surface area (TPSA) is 43.4 Å². The molecule has 0 aliphatic carbocycles. The number of nitrogens with zero attached hydrogens (tertiary/aromatic N) is 1. The number of aryl methyl sites for hydroxylation is 1. The fourth-order valence-electron chi connectivity index (χ4n) is 1.48. The molecule has 0 radical (unpaired) electrons. The Morgan fingerprint density at radius 3 is 2.82 bits per heavy atom. The first-order valence-electron chi connectivity index (χ1n) is 6.08. The second kappa shape index (κ2) is 8.03. The normalized spacial score (nSPS) is 10.5. The molecular formula is C13H22N2O2. The van der Waals surface area contributed by atoms with E-state index in [-0.39, 0.29) is 0 Å². The summed E-state index contributed by atoms with van der Waals surface area (Å²) in [6, 6.07) is 1.96. The van der Waals surface area contributed by atoms with Crippen LogP contribution in [0, 0.1) is 6.92 Å². The SMILES string of the molecule is CCCOCCOc1cc(C)ncc1CNC. The summed E-state index contributed by atoms with van der Waals surface area (Å²) in [6.07, 6.45) is 2.90. The lowest BCUT2D eigenvalue weighted by Gasteiger charge is -2.11. The molecule has 4 heteroatoms. The van der Waals surface area contributed by atoms with Gasteiger partial charge < -0.3 is 14.8 Å². The molecule has 0 unspecified atom stereocenters. The van der Waals surface area contributed by atoms with Gasteiger partial charge in [0.2, 0.25) is 0 Å².